The lowest BCUT2D eigenvalue weighted by Crippen LogP contribution is -2.46. The second-order valence-corrected chi connectivity index (χ2v) is 8.59. The van der Waals surface area contributed by atoms with Crippen LogP contribution in [0.3, 0.4) is 0 Å². The normalized spacial score (nSPS) is 23.0. The van der Waals surface area contributed by atoms with Crippen LogP contribution in [0, 0.1) is 5.92 Å². The van der Waals surface area contributed by atoms with E-state index in [2.05, 4.69) is 37.1 Å². The predicted molar refractivity (Wildman–Crippen MR) is 97.3 cm³/mol. The van der Waals surface area contributed by atoms with E-state index >= 15 is 0 Å². The Morgan fingerprint density at radius 3 is 2.74 bits per heavy atom. The molecule has 0 aromatic carbocycles. The highest BCUT2D eigenvalue weighted by Crippen LogP contribution is 2.33. The number of fused-ring (bicyclic) bond motifs is 1. The SMILES string of the molecule is CC[C@H]1CCc2sc(C(=O)NC3CCN(C(C)C)CC3)cc2C1. The molecular weight excluding hydrogens is 304 g/mol. The zero-order valence-electron chi connectivity index (χ0n) is 14.7. The van der Waals surface area contributed by atoms with Crippen molar-refractivity contribution in [2.75, 3.05) is 13.1 Å². The molecule has 1 aliphatic heterocycles. The van der Waals surface area contributed by atoms with Crippen molar-refractivity contribution in [1.29, 1.82) is 0 Å². The van der Waals surface area contributed by atoms with Gasteiger partial charge in [-0.2, -0.15) is 0 Å². The van der Waals surface area contributed by atoms with Gasteiger partial charge in [0.05, 0.1) is 4.88 Å². The molecule has 1 aromatic rings. The van der Waals surface area contributed by atoms with Gasteiger partial charge in [-0.15, -0.1) is 11.3 Å². The topological polar surface area (TPSA) is 32.3 Å². The van der Waals surface area contributed by atoms with Crippen LogP contribution >= 0.6 is 11.3 Å². The van der Waals surface area contributed by atoms with Crippen LogP contribution in [-0.4, -0.2) is 36.0 Å². The molecule has 3 rings (SSSR count). The van der Waals surface area contributed by atoms with Crippen molar-refractivity contribution >= 4 is 17.2 Å². The standard InChI is InChI=1S/C19H30N2OS/c1-4-14-5-6-17-15(11-14)12-18(23-17)19(22)20-16-7-9-21(10-8-16)13(2)3/h12-14,16H,4-11H2,1-3H3,(H,20,22)/t14-/m0/s1. The quantitative estimate of drug-likeness (QED) is 0.906. The third-order valence-corrected chi connectivity index (χ3v) is 6.82. The van der Waals surface area contributed by atoms with E-state index in [-0.39, 0.29) is 5.91 Å². The Balaban J connectivity index is 1.56. The van der Waals surface area contributed by atoms with Gasteiger partial charge in [-0.05, 0) is 63.5 Å². The molecule has 1 amide bonds. The Morgan fingerprint density at radius 2 is 2.09 bits per heavy atom. The van der Waals surface area contributed by atoms with Crippen LogP contribution < -0.4 is 5.32 Å². The molecule has 0 spiro atoms. The molecule has 0 bridgehead atoms. The highest BCUT2D eigenvalue weighted by atomic mass is 32.1. The van der Waals surface area contributed by atoms with Crippen LogP contribution in [0.5, 0.6) is 0 Å². The lowest BCUT2D eigenvalue weighted by Gasteiger charge is -2.34. The predicted octanol–water partition coefficient (Wildman–Crippen LogP) is 3.87. The molecule has 2 heterocycles. The number of thiophene rings is 1. The first kappa shape index (κ1) is 17.0. The maximum Gasteiger partial charge on any atom is 0.261 e. The van der Waals surface area contributed by atoms with Gasteiger partial charge in [0.2, 0.25) is 0 Å². The van der Waals surface area contributed by atoms with E-state index in [1.165, 1.54) is 36.1 Å². The molecule has 1 atom stereocenters. The summed E-state index contributed by atoms with van der Waals surface area (Å²) in [7, 11) is 0. The fraction of sp³-hybridized carbons (Fsp3) is 0.737. The fourth-order valence-corrected chi connectivity index (χ4v) is 4.99. The minimum absolute atomic E-state index is 0.153. The van der Waals surface area contributed by atoms with Crippen LogP contribution in [0.4, 0.5) is 0 Å². The Labute approximate surface area is 144 Å². The lowest BCUT2D eigenvalue weighted by molar-refractivity contribution is 0.0904. The van der Waals surface area contributed by atoms with E-state index in [0.29, 0.717) is 12.1 Å². The number of hydrogen-bond acceptors (Lipinski definition) is 3. The van der Waals surface area contributed by atoms with E-state index in [1.54, 1.807) is 11.3 Å². The molecule has 1 aromatic heterocycles. The van der Waals surface area contributed by atoms with Gasteiger partial charge >= 0.3 is 0 Å². The number of nitrogens with zero attached hydrogens (tertiary/aromatic N) is 1. The largest absolute Gasteiger partial charge is 0.349 e. The second-order valence-electron chi connectivity index (χ2n) is 7.45. The maximum atomic E-state index is 12.6. The molecule has 1 N–H and O–H groups in total. The van der Waals surface area contributed by atoms with Gasteiger partial charge in [-0.1, -0.05) is 13.3 Å². The number of nitrogens with one attached hydrogen (secondary N) is 1. The molecule has 0 radical (unpaired) electrons. The Hall–Kier alpha value is -0.870. The maximum absolute atomic E-state index is 12.6. The van der Waals surface area contributed by atoms with E-state index in [0.717, 1.165) is 36.7 Å². The summed E-state index contributed by atoms with van der Waals surface area (Å²) in [5.74, 6) is 0.966. The number of rotatable bonds is 4. The van der Waals surface area contributed by atoms with Gasteiger partial charge < -0.3 is 10.2 Å². The van der Waals surface area contributed by atoms with Crippen LogP contribution in [0.15, 0.2) is 6.07 Å². The van der Waals surface area contributed by atoms with Gasteiger partial charge in [-0.3, -0.25) is 4.79 Å². The number of amides is 1. The van der Waals surface area contributed by atoms with E-state index in [4.69, 9.17) is 0 Å². The molecule has 2 aliphatic rings. The molecule has 3 nitrogen and oxygen atoms in total. The van der Waals surface area contributed by atoms with Crippen LogP contribution in [0.1, 0.15) is 66.6 Å². The zero-order valence-corrected chi connectivity index (χ0v) is 15.5. The van der Waals surface area contributed by atoms with E-state index < -0.39 is 0 Å². The summed E-state index contributed by atoms with van der Waals surface area (Å²) < 4.78 is 0. The second kappa shape index (κ2) is 7.35. The minimum Gasteiger partial charge on any atom is -0.349 e. The number of carbonyl (C=O) groups is 1. The molecule has 0 saturated carbocycles. The molecule has 1 saturated heterocycles. The average Bonchev–Trinajstić information content (AvgIpc) is 2.98. The van der Waals surface area contributed by atoms with Gasteiger partial charge in [-0.25, -0.2) is 0 Å². The van der Waals surface area contributed by atoms with Gasteiger partial charge in [0.1, 0.15) is 0 Å². The number of carbonyl (C=O) groups excluding carboxylic acids is 1. The molecule has 23 heavy (non-hydrogen) atoms. The summed E-state index contributed by atoms with van der Waals surface area (Å²) in [6, 6.07) is 3.13. The van der Waals surface area contributed by atoms with Crippen LogP contribution in [0.25, 0.3) is 0 Å². The van der Waals surface area contributed by atoms with Crippen molar-refractivity contribution in [1.82, 2.24) is 10.2 Å². The molecule has 0 unspecified atom stereocenters. The van der Waals surface area contributed by atoms with Crippen molar-refractivity contribution in [2.45, 2.75) is 71.4 Å². The van der Waals surface area contributed by atoms with Crippen molar-refractivity contribution in [3.8, 4) is 0 Å². The Morgan fingerprint density at radius 1 is 1.35 bits per heavy atom. The minimum atomic E-state index is 0.153. The number of aryl methyl sites for hydroxylation is 1. The Bertz CT molecular complexity index is 544. The number of likely N-dealkylation sites (tertiary alicyclic amines) is 1. The summed E-state index contributed by atoms with van der Waals surface area (Å²) in [5.41, 5.74) is 1.44. The summed E-state index contributed by atoms with van der Waals surface area (Å²) >= 11 is 1.73. The highest BCUT2D eigenvalue weighted by molar-refractivity contribution is 7.14. The summed E-state index contributed by atoms with van der Waals surface area (Å²) in [6.45, 7) is 8.97. The highest BCUT2D eigenvalue weighted by Gasteiger charge is 2.25. The fourth-order valence-electron chi connectivity index (χ4n) is 3.88. The first-order valence-electron chi connectivity index (χ1n) is 9.23. The monoisotopic (exact) mass is 334 g/mol. The molecule has 1 fully saturated rings. The smallest absolute Gasteiger partial charge is 0.261 e. The van der Waals surface area contributed by atoms with Crippen LogP contribution in [0.2, 0.25) is 0 Å². The summed E-state index contributed by atoms with van der Waals surface area (Å²) in [4.78, 5) is 17.5. The number of hydrogen-bond donors (Lipinski definition) is 1. The summed E-state index contributed by atoms with van der Waals surface area (Å²) in [6.07, 6.45) is 7.03. The Kier molecular flexibility index (Phi) is 5.42. The van der Waals surface area contributed by atoms with Gasteiger partial charge in [0.25, 0.3) is 5.91 Å². The average molecular weight is 335 g/mol. The third-order valence-electron chi connectivity index (χ3n) is 5.58. The van der Waals surface area contributed by atoms with Gasteiger partial charge in [0, 0.05) is 30.1 Å². The first-order valence-corrected chi connectivity index (χ1v) is 10.0. The molecule has 128 valence electrons. The van der Waals surface area contributed by atoms with Crippen molar-refractivity contribution in [2.24, 2.45) is 5.92 Å². The summed E-state index contributed by atoms with van der Waals surface area (Å²) in [5, 5.41) is 3.27. The number of piperidine rings is 1. The van der Waals surface area contributed by atoms with Crippen molar-refractivity contribution in [3.05, 3.63) is 21.4 Å². The van der Waals surface area contributed by atoms with Crippen LogP contribution in [-0.2, 0) is 12.8 Å². The van der Waals surface area contributed by atoms with E-state index in [9.17, 15) is 4.79 Å². The van der Waals surface area contributed by atoms with Crippen molar-refractivity contribution in [3.63, 3.8) is 0 Å². The third kappa shape index (κ3) is 3.97. The van der Waals surface area contributed by atoms with Crippen molar-refractivity contribution < 1.29 is 4.79 Å². The molecule has 4 heteroatoms. The molecular formula is C19H30N2OS. The van der Waals surface area contributed by atoms with E-state index in [1.807, 2.05) is 0 Å². The zero-order chi connectivity index (χ0) is 16.4. The molecule has 1 aliphatic carbocycles. The lowest BCUT2D eigenvalue weighted by atomic mass is 9.87. The first-order chi connectivity index (χ1) is 11.1. The van der Waals surface area contributed by atoms with Gasteiger partial charge in [0.15, 0.2) is 0 Å².